The Kier molecular flexibility index (Phi) is 8.21. The fourth-order valence-corrected chi connectivity index (χ4v) is 4.77. The highest BCUT2D eigenvalue weighted by molar-refractivity contribution is 5.78. The summed E-state index contributed by atoms with van der Waals surface area (Å²) < 4.78 is 48.7. The molecule has 0 bridgehead atoms. The average molecular weight is 466 g/mol. The first-order chi connectivity index (χ1) is 15.3. The number of nitrogens with one attached hydrogen (secondary N) is 7. The van der Waals surface area contributed by atoms with Gasteiger partial charge in [0.1, 0.15) is 25.8 Å². The standard InChI is InChI=1S/C19H34F3N7O3/c20-19(21,22)10-32-18-28-16(24-8-12-3-1-2-6-23-12)27-17(29-18)25-11-4-5-14-13(7-11)26-15(30)9-31-14/h11-14,16-18,23-25,27-29H,1-10H2,(H,26,30). The minimum atomic E-state index is -4.41. The van der Waals surface area contributed by atoms with Crippen molar-refractivity contribution in [2.75, 3.05) is 26.3 Å². The van der Waals surface area contributed by atoms with Crippen LogP contribution in [0.15, 0.2) is 0 Å². The van der Waals surface area contributed by atoms with Gasteiger partial charge in [-0.25, -0.2) is 0 Å². The molecule has 3 heterocycles. The van der Waals surface area contributed by atoms with Crippen LogP contribution >= 0.6 is 0 Å². The molecule has 4 fully saturated rings. The van der Waals surface area contributed by atoms with Crippen molar-refractivity contribution < 1.29 is 27.4 Å². The summed E-state index contributed by atoms with van der Waals surface area (Å²) in [5.41, 5.74) is 0. The summed E-state index contributed by atoms with van der Waals surface area (Å²) in [5.74, 6) is -0.119. The number of carbonyl (C=O) groups is 1. The molecule has 0 aromatic rings. The monoisotopic (exact) mass is 465 g/mol. The number of rotatable bonds is 7. The maximum absolute atomic E-state index is 12.7. The second kappa shape index (κ2) is 10.9. The molecule has 0 spiro atoms. The molecule has 3 saturated heterocycles. The molecule has 4 aliphatic rings. The first-order valence-corrected chi connectivity index (χ1v) is 11.4. The Balaban J connectivity index is 1.31. The van der Waals surface area contributed by atoms with Gasteiger partial charge in [0.15, 0.2) is 6.35 Å². The van der Waals surface area contributed by atoms with E-state index < -0.39 is 31.7 Å². The predicted molar refractivity (Wildman–Crippen MR) is 109 cm³/mol. The summed E-state index contributed by atoms with van der Waals surface area (Å²) in [5, 5.41) is 22.4. The van der Waals surface area contributed by atoms with Crippen molar-refractivity contribution in [3.05, 3.63) is 0 Å². The number of fused-ring (bicyclic) bond motifs is 1. The summed E-state index contributed by atoms with van der Waals surface area (Å²) >= 11 is 0. The van der Waals surface area contributed by atoms with Crippen molar-refractivity contribution in [3.8, 4) is 0 Å². The van der Waals surface area contributed by atoms with Crippen molar-refractivity contribution in [1.82, 2.24) is 37.2 Å². The fourth-order valence-electron chi connectivity index (χ4n) is 4.77. The Hall–Kier alpha value is -1.06. The Morgan fingerprint density at radius 2 is 1.94 bits per heavy atom. The van der Waals surface area contributed by atoms with Crippen LogP contribution in [-0.2, 0) is 14.3 Å². The zero-order valence-electron chi connectivity index (χ0n) is 18.0. The lowest BCUT2D eigenvalue weighted by molar-refractivity contribution is -0.199. The van der Waals surface area contributed by atoms with Crippen LogP contribution < -0.4 is 37.2 Å². The lowest BCUT2D eigenvalue weighted by atomic mass is 9.87. The lowest BCUT2D eigenvalue weighted by Crippen LogP contribution is -2.76. The van der Waals surface area contributed by atoms with E-state index in [1.807, 2.05) is 0 Å². The van der Waals surface area contributed by atoms with Gasteiger partial charge >= 0.3 is 6.18 Å². The quantitative estimate of drug-likeness (QED) is 0.253. The number of piperidine rings is 1. The van der Waals surface area contributed by atoms with Gasteiger partial charge in [0.2, 0.25) is 5.91 Å². The summed E-state index contributed by atoms with van der Waals surface area (Å²) in [6.07, 6.45) is -0.595. The van der Waals surface area contributed by atoms with E-state index in [1.54, 1.807) is 0 Å². The summed E-state index contributed by atoms with van der Waals surface area (Å²) in [4.78, 5) is 11.6. The molecular weight excluding hydrogens is 431 g/mol. The zero-order valence-corrected chi connectivity index (χ0v) is 18.0. The average Bonchev–Trinajstić information content (AvgIpc) is 2.76. The fraction of sp³-hybridized carbons (Fsp3) is 0.947. The van der Waals surface area contributed by atoms with E-state index in [4.69, 9.17) is 9.47 Å². The topological polar surface area (TPSA) is 120 Å². The molecule has 4 rings (SSSR count). The SMILES string of the molecule is O=C1COC2CCC(NC3NC(NCC4CCCCN4)NC(OCC(F)(F)F)N3)CC2N1. The van der Waals surface area contributed by atoms with E-state index in [1.165, 1.54) is 0 Å². The maximum atomic E-state index is 12.7. The molecule has 10 nitrogen and oxygen atoms in total. The second-order valence-corrected chi connectivity index (χ2v) is 8.93. The number of amides is 1. The third-order valence-electron chi connectivity index (χ3n) is 6.33. The largest absolute Gasteiger partial charge is 0.411 e. The molecule has 3 aliphatic heterocycles. The number of halogens is 3. The Labute approximate surface area is 185 Å². The molecule has 1 saturated carbocycles. The molecule has 1 amide bonds. The van der Waals surface area contributed by atoms with Crippen molar-refractivity contribution in [2.45, 2.75) is 87.9 Å². The molecule has 7 unspecified atom stereocenters. The first kappa shape index (κ1) is 24.1. The molecule has 0 radical (unpaired) electrons. The van der Waals surface area contributed by atoms with Gasteiger partial charge in [-0.3, -0.25) is 31.4 Å². The van der Waals surface area contributed by atoms with Crippen molar-refractivity contribution in [2.24, 2.45) is 0 Å². The third-order valence-corrected chi connectivity index (χ3v) is 6.33. The zero-order chi connectivity index (χ0) is 22.6. The van der Waals surface area contributed by atoms with Gasteiger partial charge in [0.05, 0.1) is 12.1 Å². The highest BCUT2D eigenvalue weighted by Crippen LogP contribution is 2.24. The van der Waals surface area contributed by atoms with Crippen LogP contribution in [0.2, 0.25) is 0 Å². The summed E-state index contributed by atoms with van der Waals surface area (Å²) in [6, 6.07) is 0.325. The number of hydrogen-bond donors (Lipinski definition) is 7. The summed E-state index contributed by atoms with van der Waals surface area (Å²) in [7, 11) is 0. The van der Waals surface area contributed by atoms with Gasteiger partial charge in [-0.15, -0.1) is 0 Å². The highest BCUT2D eigenvalue weighted by atomic mass is 19.4. The van der Waals surface area contributed by atoms with Crippen LogP contribution in [0.3, 0.4) is 0 Å². The highest BCUT2D eigenvalue weighted by Gasteiger charge is 2.38. The number of alkyl halides is 3. The van der Waals surface area contributed by atoms with E-state index in [0.717, 1.165) is 38.6 Å². The summed E-state index contributed by atoms with van der Waals surface area (Å²) in [6.45, 7) is 0.404. The van der Waals surface area contributed by atoms with Gasteiger partial charge in [0, 0.05) is 18.6 Å². The molecule has 7 atom stereocenters. The van der Waals surface area contributed by atoms with E-state index in [-0.39, 0.29) is 30.7 Å². The molecule has 13 heteroatoms. The molecule has 0 aromatic carbocycles. The molecule has 0 aromatic heterocycles. The maximum Gasteiger partial charge on any atom is 0.411 e. The molecule has 184 valence electrons. The third kappa shape index (κ3) is 7.22. The van der Waals surface area contributed by atoms with Crippen LogP contribution in [0.5, 0.6) is 0 Å². The normalized spacial score (nSPS) is 38.7. The van der Waals surface area contributed by atoms with Crippen LogP contribution in [0.1, 0.15) is 38.5 Å². The predicted octanol–water partition coefficient (Wildman–Crippen LogP) is -1.04. The smallest absolute Gasteiger partial charge is 0.366 e. The van der Waals surface area contributed by atoms with Gasteiger partial charge in [0.25, 0.3) is 0 Å². The second-order valence-electron chi connectivity index (χ2n) is 8.93. The minimum Gasteiger partial charge on any atom is -0.366 e. The molecule has 1 aliphatic carbocycles. The van der Waals surface area contributed by atoms with Gasteiger partial charge in [-0.1, -0.05) is 6.42 Å². The number of morpholine rings is 1. The van der Waals surface area contributed by atoms with Crippen LogP contribution in [-0.4, -0.2) is 81.5 Å². The van der Waals surface area contributed by atoms with Crippen molar-refractivity contribution in [3.63, 3.8) is 0 Å². The van der Waals surface area contributed by atoms with E-state index in [0.29, 0.717) is 19.0 Å². The Bertz CT molecular complexity index is 623. The lowest BCUT2D eigenvalue weighted by Gasteiger charge is -2.44. The molecule has 32 heavy (non-hydrogen) atoms. The Morgan fingerprint density at radius 3 is 2.72 bits per heavy atom. The van der Waals surface area contributed by atoms with Gasteiger partial charge in [-0.05, 0) is 38.6 Å². The van der Waals surface area contributed by atoms with E-state index in [9.17, 15) is 18.0 Å². The van der Waals surface area contributed by atoms with Gasteiger partial charge in [-0.2, -0.15) is 13.2 Å². The van der Waals surface area contributed by atoms with Crippen LogP contribution in [0, 0.1) is 0 Å². The van der Waals surface area contributed by atoms with Crippen molar-refractivity contribution in [1.29, 1.82) is 0 Å². The van der Waals surface area contributed by atoms with Crippen LogP contribution in [0.4, 0.5) is 13.2 Å². The first-order valence-electron chi connectivity index (χ1n) is 11.4. The number of hydrogen-bond acceptors (Lipinski definition) is 9. The van der Waals surface area contributed by atoms with E-state index in [2.05, 4.69) is 37.2 Å². The Morgan fingerprint density at radius 1 is 1.09 bits per heavy atom. The molecular formula is C19H34F3N7O3. The van der Waals surface area contributed by atoms with Gasteiger partial charge < -0.3 is 20.1 Å². The number of carbonyl (C=O) groups excluding carboxylic acids is 1. The molecule has 7 N–H and O–H groups in total. The van der Waals surface area contributed by atoms with Crippen molar-refractivity contribution >= 4 is 5.91 Å². The van der Waals surface area contributed by atoms with Crippen LogP contribution in [0.25, 0.3) is 0 Å². The number of ether oxygens (including phenoxy) is 2. The minimum absolute atomic E-state index is 0.0139. The van der Waals surface area contributed by atoms with E-state index >= 15 is 0 Å².